The third-order valence-electron chi connectivity index (χ3n) is 5.35. The maximum Gasteiger partial charge on any atom is 0.339 e. The smallest absolute Gasteiger partial charge is 0.339 e. The van der Waals surface area contributed by atoms with Crippen molar-refractivity contribution in [1.29, 1.82) is 0 Å². The molecular weight excluding hydrogens is 364 g/mol. The fourth-order valence-corrected chi connectivity index (χ4v) is 2.90. The van der Waals surface area contributed by atoms with E-state index in [2.05, 4.69) is 6.92 Å². The molecule has 0 heterocycles. The summed E-state index contributed by atoms with van der Waals surface area (Å²) < 4.78 is 11.0. The highest BCUT2D eigenvalue weighted by Gasteiger charge is 2.26. The Morgan fingerprint density at radius 3 is 1.83 bits per heavy atom. The Morgan fingerprint density at radius 2 is 1.31 bits per heavy atom. The Balaban J connectivity index is 2.40. The first-order valence-corrected chi connectivity index (χ1v) is 11.2. The molecule has 0 amide bonds. The van der Waals surface area contributed by atoms with Crippen LogP contribution in [0.3, 0.4) is 0 Å². The molecule has 0 radical (unpaired) electrons. The van der Waals surface area contributed by atoms with E-state index in [-0.39, 0.29) is 22.6 Å². The van der Waals surface area contributed by atoms with Crippen LogP contribution in [0.5, 0.6) is 0 Å². The summed E-state index contributed by atoms with van der Waals surface area (Å²) in [6, 6.07) is 6.71. The van der Waals surface area contributed by atoms with Gasteiger partial charge in [0.1, 0.15) is 6.10 Å². The second-order valence-corrected chi connectivity index (χ2v) is 8.92. The van der Waals surface area contributed by atoms with Crippen LogP contribution in [0.15, 0.2) is 24.3 Å². The van der Waals surface area contributed by atoms with Gasteiger partial charge in [0.15, 0.2) is 0 Å². The van der Waals surface area contributed by atoms with Crippen molar-refractivity contribution in [2.24, 2.45) is 5.41 Å². The molecule has 0 bridgehead atoms. The lowest BCUT2D eigenvalue weighted by atomic mass is 9.90. The molecule has 0 N–H and O–H groups in total. The summed E-state index contributed by atoms with van der Waals surface area (Å²) in [5.74, 6) is -0.941. The summed E-state index contributed by atoms with van der Waals surface area (Å²) in [5.41, 5.74) is 0.372. The third-order valence-corrected chi connectivity index (χ3v) is 5.35. The minimum absolute atomic E-state index is 0.166. The number of unbranched alkanes of at least 4 members (excludes halogenated alkanes) is 8. The molecule has 0 fully saturated rings. The first-order valence-electron chi connectivity index (χ1n) is 11.2. The molecular formula is C25H40O4. The molecule has 0 aliphatic carbocycles. The van der Waals surface area contributed by atoms with Gasteiger partial charge in [0.05, 0.1) is 17.7 Å². The normalized spacial score (nSPS) is 12.4. The van der Waals surface area contributed by atoms with Crippen LogP contribution in [0.2, 0.25) is 0 Å². The molecule has 0 aromatic heterocycles. The van der Waals surface area contributed by atoms with Crippen LogP contribution in [0.25, 0.3) is 0 Å². The molecule has 0 saturated carbocycles. The SMILES string of the molecule is CCCCCCCCCCCOC(=O)c1ccccc1C(=O)OC(C)C(C)(C)C. The van der Waals surface area contributed by atoms with Crippen molar-refractivity contribution in [2.75, 3.05) is 6.61 Å². The minimum atomic E-state index is -0.483. The van der Waals surface area contributed by atoms with E-state index < -0.39 is 11.9 Å². The van der Waals surface area contributed by atoms with E-state index >= 15 is 0 Å². The van der Waals surface area contributed by atoms with Crippen LogP contribution in [0.4, 0.5) is 0 Å². The van der Waals surface area contributed by atoms with Crippen LogP contribution in [-0.4, -0.2) is 24.6 Å². The molecule has 4 nitrogen and oxygen atoms in total. The zero-order valence-corrected chi connectivity index (χ0v) is 19.1. The number of benzene rings is 1. The van der Waals surface area contributed by atoms with Crippen LogP contribution in [0, 0.1) is 5.41 Å². The van der Waals surface area contributed by atoms with Crippen molar-refractivity contribution in [1.82, 2.24) is 0 Å². The number of carbonyl (C=O) groups excluding carboxylic acids is 2. The van der Waals surface area contributed by atoms with Gasteiger partial charge in [0.25, 0.3) is 0 Å². The predicted octanol–water partition coefficient (Wildman–Crippen LogP) is 6.97. The van der Waals surface area contributed by atoms with Gasteiger partial charge in [-0.2, -0.15) is 0 Å². The van der Waals surface area contributed by atoms with E-state index in [1.807, 2.05) is 27.7 Å². The van der Waals surface area contributed by atoms with Crippen LogP contribution < -0.4 is 0 Å². The van der Waals surface area contributed by atoms with Crippen molar-refractivity contribution in [2.45, 2.75) is 98.5 Å². The van der Waals surface area contributed by atoms with Gasteiger partial charge in [-0.3, -0.25) is 0 Å². The number of carbonyl (C=O) groups is 2. The van der Waals surface area contributed by atoms with E-state index in [0.29, 0.717) is 6.61 Å². The number of hydrogen-bond acceptors (Lipinski definition) is 4. The molecule has 0 saturated heterocycles. The summed E-state index contributed by atoms with van der Waals surface area (Å²) in [7, 11) is 0. The molecule has 1 unspecified atom stereocenters. The Kier molecular flexibility index (Phi) is 11.6. The van der Waals surface area contributed by atoms with Gasteiger partial charge in [-0.1, -0.05) is 91.2 Å². The molecule has 0 aliphatic heterocycles. The molecule has 1 aromatic carbocycles. The van der Waals surface area contributed by atoms with Gasteiger partial charge in [-0.15, -0.1) is 0 Å². The summed E-state index contributed by atoms with van der Waals surface area (Å²) >= 11 is 0. The highest BCUT2D eigenvalue weighted by molar-refractivity contribution is 6.03. The van der Waals surface area contributed by atoms with Gasteiger partial charge in [0, 0.05) is 0 Å². The van der Waals surface area contributed by atoms with Crippen LogP contribution >= 0.6 is 0 Å². The predicted molar refractivity (Wildman–Crippen MR) is 118 cm³/mol. The summed E-state index contributed by atoms with van der Waals surface area (Å²) in [6.45, 7) is 10.5. The van der Waals surface area contributed by atoms with Crippen LogP contribution in [0.1, 0.15) is 113 Å². The summed E-state index contributed by atoms with van der Waals surface area (Å²) in [5, 5.41) is 0. The van der Waals surface area contributed by atoms with E-state index in [1.165, 1.54) is 44.9 Å². The first-order chi connectivity index (χ1) is 13.8. The molecule has 1 aromatic rings. The molecule has 164 valence electrons. The molecule has 1 rings (SSSR count). The molecule has 29 heavy (non-hydrogen) atoms. The average Bonchev–Trinajstić information content (AvgIpc) is 2.68. The third kappa shape index (κ3) is 9.96. The zero-order valence-electron chi connectivity index (χ0n) is 19.1. The fraction of sp³-hybridized carbons (Fsp3) is 0.680. The maximum absolute atomic E-state index is 12.5. The van der Waals surface area contributed by atoms with Crippen molar-refractivity contribution < 1.29 is 19.1 Å². The fourth-order valence-electron chi connectivity index (χ4n) is 2.90. The second-order valence-electron chi connectivity index (χ2n) is 8.92. The maximum atomic E-state index is 12.5. The van der Waals surface area contributed by atoms with Gasteiger partial charge >= 0.3 is 11.9 Å². The quantitative estimate of drug-likeness (QED) is 0.263. The van der Waals surface area contributed by atoms with E-state index in [4.69, 9.17) is 9.47 Å². The lowest BCUT2D eigenvalue weighted by molar-refractivity contribution is 0.00437. The highest BCUT2D eigenvalue weighted by Crippen LogP contribution is 2.23. The Morgan fingerprint density at radius 1 is 0.828 bits per heavy atom. The topological polar surface area (TPSA) is 52.6 Å². The van der Waals surface area contributed by atoms with Crippen LogP contribution in [-0.2, 0) is 9.47 Å². The lowest BCUT2D eigenvalue weighted by Crippen LogP contribution is -2.29. The summed E-state index contributed by atoms with van der Waals surface area (Å²) in [4.78, 5) is 25.0. The van der Waals surface area contributed by atoms with E-state index in [9.17, 15) is 9.59 Å². The minimum Gasteiger partial charge on any atom is -0.462 e. The number of esters is 2. The van der Waals surface area contributed by atoms with E-state index in [0.717, 1.165) is 12.8 Å². The first kappa shape index (κ1) is 25.2. The zero-order chi connectivity index (χ0) is 21.7. The monoisotopic (exact) mass is 404 g/mol. The standard InChI is InChI=1S/C25H40O4/c1-6-7-8-9-10-11-12-13-16-19-28-23(26)21-17-14-15-18-22(21)24(27)29-20(2)25(3,4)5/h14-15,17-18,20H,6-13,16,19H2,1-5H3. The van der Waals surface area contributed by atoms with Gasteiger partial charge in [-0.05, 0) is 30.9 Å². The van der Waals surface area contributed by atoms with Crippen molar-refractivity contribution in [3.8, 4) is 0 Å². The van der Waals surface area contributed by atoms with Crippen molar-refractivity contribution in [3.63, 3.8) is 0 Å². The molecule has 0 spiro atoms. The van der Waals surface area contributed by atoms with Gasteiger partial charge < -0.3 is 9.47 Å². The van der Waals surface area contributed by atoms with Gasteiger partial charge in [-0.25, -0.2) is 9.59 Å². The van der Waals surface area contributed by atoms with Gasteiger partial charge in [0.2, 0.25) is 0 Å². The second kappa shape index (κ2) is 13.4. The average molecular weight is 405 g/mol. The number of rotatable bonds is 13. The summed E-state index contributed by atoms with van der Waals surface area (Å²) in [6.07, 6.45) is 10.6. The Bertz CT molecular complexity index is 615. The molecule has 4 heteroatoms. The Hall–Kier alpha value is -1.84. The van der Waals surface area contributed by atoms with Crippen molar-refractivity contribution in [3.05, 3.63) is 35.4 Å². The lowest BCUT2D eigenvalue weighted by Gasteiger charge is -2.27. The number of hydrogen-bond donors (Lipinski definition) is 0. The Labute approximate surface area is 177 Å². The van der Waals surface area contributed by atoms with Crippen molar-refractivity contribution >= 4 is 11.9 Å². The van der Waals surface area contributed by atoms with E-state index in [1.54, 1.807) is 24.3 Å². The highest BCUT2D eigenvalue weighted by atomic mass is 16.5. The largest absolute Gasteiger partial charge is 0.462 e. The molecule has 1 atom stereocenters. The number of ether oxygens (including phenoxy) is 2. The molecule has 0 aliphatic rings.